The first-order valence-corrected chi connectivity index (χ1v) is 10.1. The second-order valence-electron chi connectivity index (χ2n) is 7.92. The Morgan fingerprint density at radius 3 is 2.69 bits per heavy atom. The third-order valence-electron chi connectivity index (χ3n) is 6.05. The molecule has 148 valence electrons. The van der Waals surface area contributed by atoms with Gasteiger partial charge in [-0.2, -0.15) is 5.10 Å². The van der Waals surface area contributed by atoms with Crippen LogP contribution in [0.2, 0.25) is 0 Å². The minimum atomic E-state index is -0.0992. The molecule has 1 fully saturated rings. The van der Waals surface area contributed by atoms with Crippen LogP contribution in [0.25, 0.3) is 0 Å². The summed E-state index contributed by atoms with van der Waals surface area (Å²) in [5.41, 5.74) is 2.33. The summed E-state index contributed by atoms with van der Waals surface area (Å²) in [7, 11) is 0. The highest BCUT2D eigenvalue weighted by Crippen LogP contribution is 2.32. The molecular weight excluding hydrogens is 366 g/mol. The summed E-state index contributed by atoms with van der Waals surface area (Å²) in [6, 6.07) is 13.7. The number of aryl methyl sites for hydroxylation is 1. The summed E-state index contributed by atoms with van der Waals surface area (Å²) >= 11 is 0. The Kier molecular flexibility index (Phi) is 4.30. The molecule has 0 saturated carbocycles. The fourth-order valence-corrected chi connectivity index (χ4v) is 4.61. The van der Waals surface area contributed by atoms with Crippen LogP contribution in [0.4, 0.5) is 0 Å². The van der Waals surface area contributed by atoms with E-state index in [1.54, 1.807) is 15.4 Å². The predicted molar refractivity (Wildman–Crippen MR) is 108 cm³/mol. The normalized spacial score (nSPS) is 20.4. The van der Waals surface area contributed by atoms with E-state index in [0.717, 1.165) is 29.8 Å². The van der Waals surface area contributed by atoms with Crippen LogP contribution in [0, 0.1) is 6.92 Å². The number of nitrogens with zero attached hydrogens (tertiary/aromatic N) is 5. The number of amides is 1. The lowest BCUT2D eigenvalue weighted by atomic mass is 10.1. The van der Waals surface area contributed by atoms with Gasteiger partial charge >= 0.3 is 5.69 Å². The molecule has 3 aromatic rings. The summed E-state index contributed by atoms with van der Waals surface area (Å²) in [4.78, 5) is 32.5. The first-order chi connectivity index (χ1) is 14.1. The van der Waals surface area contributed by atoms with Crippen molar-refractivity contribution in [2.24, 2.45) is 0 Å². The molecule has 2 bridgehead atoms. The molecule has 29 heavy (non-hydrogen) atoms. The highest BCUT2D eigenvalue weighted by molar-refractivity contribution is 5.94. The Labute approximate surface area is 168 Å². The maximum atomic E-state index is 13.3. The van der Waals surface area contributed by atoms with E-state index < -0.39 is 0 Å². The Morgan fingerprint density at radius 2 is 1.90 bits per heavy atom. The van der Waals surface area contributed by atoms with Gasteiger partial charge in [-0.15, -0.1) is 0 Å². The van der Waals surface area contributed by atoms with Crippen molar-refractivity contribution in [2.45, 2.75) is 51.4 Å². The molecule has 7 heteroatoms. The van der Waals surface area contributed by atoms with E-state index in [1.807, 2.05) is 54.3 Å². The van der Waals surface area contributed by atoms with Crippen LogP contribution in [0.5, 0.6) is 0 Å². The van der Waals surface area contributed by atoms with E-state index in [-0.39, 0.29) is 23.7 Å². The van der Waals surface area contributed by atoms with Gasteiger partial charge in [0.2, 0.25) is 0 Å². The van der Waals surface area contributed by atoms with Crippen molar-refractivity contribution in [3.63, 3.8) is 0 Å². The summed E-state index contributed by atoms with van der Waals surface area (Å²) in [5, 5.41) is 4.62. The average molecular weight is 389 g/mol. The molecule has 0 radical (unpaired) electrons. The summed E-state index contributed by atoms with van der Waals surface area (Å²) in [6.45, 7) is 2.87. The molecule has 4 heterocycles. The van der Waals surface area contributed by atoms with Gasteiger partial charge in [-0.1, -0.05) is 36.4 Å². The van der Waals surface area contributed by atoms with E-state index in [1.165, 1.54) is 0 Å². The molecule has 2 aliphatic rings. The Balaban J connectivity index is 1.44. The first kappa shape index (κ1) is 17.8. The quantitative estimate of drug-likeness (QED) is 0.687. The van der Waals surface area contributed by atoms with Gasteiger partial charge in [0, 0.05) is 25.2 Å². The zero-order valence-corrected chi connectivity index (χ0v) is 16.4. The molecule has 1 aromatic carbocycles. The molecule has 0 aliphatic carbocycles. The van der Waals surface area contributed by atoms with Crippen LogP contribution < -0.4 is 5.69 Å². The summed E-state index contributed by atoms with van der Waals surface area (Å²) < 4.78 is 3.31. The largest absolute Gasteiger partial charge is 0.346 e. The van der Waals surface area contributed by atoms with Gasteiger partial charge < -0.3 is 4.90 Å². The molecule has 1 amide bonds. The fourth-order valence-electron chi connectivity index (χ4n) is 4.61. The number of hydrogen-bond donors (Lipinski definition) is 0. The van der Waals surface area contributed by atoms with Crippen molar-refractivity contribution in [1.29, 1.82) is 0 Å². The molecule has 2 atom stereocenters. The van der Waals surface area contributed by atoms with Gasteiger partial charge in [-0.3, -0.25) is 14.3 Å². The van der Waals surface area contributed by atoms with Crippen LogP contribution in [-0.2, 0) is 19.5 Å². The van der Waals surface area contributed by atoms with Crippen molar-refractivity contribution < 1.29 is 4.79 Å². The number of aromatic nitrogens is 4. The van der Waals surface area contributed by atoms with E-state index in [9.17, 15) is 9.59 Å². The van der Waals surface area contributed by atoms with E-state index in [2.05, 4.69) is 10.1 Å². The molecule has 2 aliphatic heterocycles. The van der Waals surface area contributed by atoms with Gasteiger partial charge in [-0.25, -0.2) is 9.48 Å². The third kappa shape index (κ3) is 3.06. The molecule has 0 spiro atoms. The maximum absolute atomic E-state index is 13.3. The standard InChI is InChI=1S/C22H23N5O2/c1-15-6-5-11-23-20(15)21(28)27-17-9-10-18(27)14-25-19(12-17)24-26(22(25)29)13-16-7-3-2-4-8-16/h2-8,11,17-18H,9-10,12-14H2,1H3/t17-,18+/m0/s1. The third-order valence-corrected chi connectivity index (χ3v) is 6.05. The average Bonchev–Trinajstić information content (AvgIpc) is 3.18. The van der Waals surface area contributed by atoms with Crippen LogP contribution in [0.15, 0.2) is 53.5 Å². The lowest BCUT2D eigenvalue weighted by Crippen LogP contribution is -2.43. The zero-order valence-electron chi connectivity index (χ0n) is 16.4. The minimum absolute atomic E-state index is 0.00207. The van der Waals surface area contributed by atoms with Crippen LogP contribution in [-0.4, -0.2) is 42.2 Å². The molecule has 5 rings (SSSR count). The number of fused-ring (bicyclic) bond motifs is 3. The van der Waals surface area contributed by atoms with Crippen molar-refractivity contribution in [1.82, 2.24) is 24.2 Å². The second-order valence-corrected chi connectivity index (χ2v) is 7.92. The Hall–Kier alpha value is -3.22. The van der Waals surface area contributed by atoms with E-state index in [0.29, 0.717) is 25.2 Å². The topological polar surface area (TPSA) is 73.0 Å². The smallest absolute Gasteiger partial charge is 0.329 e. The highest BCUT2D eigenvalue weighted by Gasteiger charge is 2.42. The van der Waals surface area contributed by atoms with Crippen LogP contribution >= 0.6 is 0 Å². The number of pyridine rings is 1. The van der Waals surface area contributed by atoms with Crippen molar-refractivity contribution >= 4 is 5.91 Å². The lowest BCUT2D eigenvalue weighted by molar-refractivity contribution is 0.0658. The number of rotatable bonds is 3. The zero-order chi connectivity index (χ0) is 20.0. The predicted octanol–water partition coefficient (Wildman–Crippen LogP) is 2.03. The SMILES string of the molecule is Cc1cccnc1C(=O)N1[C@@H]2CC[C@H]1Cc1nn(Cc3ccccc3)c(=O)n1C2. The Bertz CT molecular complexity index is 1120. The molecule has 7 nitrogen and oxygen atoms in total. The van der Waals surface area contributed by atoms with Gasteiger partial charge in [0.1, 0.15) is 11.5 Å². The number of carbonyl (C=O) groups excluding carboxylic acids is 1. The van der Waals surface area contributed by atoms with Crippen LogP contribution in [0.1, 0.15) is 40.3 Å². The van der Waals surface area contributed by atoms with E-state index in [4.69, 9.17) is 0 Å². The lowest BCUT2D eigenvalue weighted by Gasteiger charge is -2.28. The number of benzene rings is 1. The fraction of sp³-hybridized carbons (Fsp3) is 0.364. The first-order valence-electron chi connectivity index (χ1n) is 10.1. The monoisotopic (exact) mass is 389 g/mol. The molecule has 0 unspecified atom stereocenters. The molecule has 2 aromatic heterocycles. The maximum Gasteiger partial charge on any atom is 0.346 e. The second kappa shape index (κ2) is 6.99. The minimum Gasteiger partial charge on any atom is -0.329 e. The van der Waals surface area contributed by atoms with Crippen molar-refractivity contribution in [3.8, 4) is 0 Å². The summed E-state index contributed by atoms with van der Waals surface area (Å²) in [5.74, 6) is 0.736. The number of carbonyl (C=O) groups is 1. The molecule has 1 saturated heterocycles. The van der Waals surface area contributed by atoms with Crippen molar-refractivity contribution in [3.05, 3.63) is 81.8 Å². The number of hydrogen-bond acceptors (Lipinski definition) is 4. The Morgan fingerprint density at radius 1 is 1.10 bits per heavy atom. The van der Waals surface area contributed by atoms with Gasteiger partial charge in [0.15, 0.2) is 0 Å². The van der Waals surface area contributed by atoms with Crippen LogP contribution in [0.3, 0.4) is 0 Å². The molecule has 0 N–H and O–H groups in total. The van der Waals surface area contributed by atoms with E-state index >= 15 is 0 Å². The van der Waals surface area contributed by atoms with Crippen molar-refractivity contribution in [2.75, 3.05) is 0 Å². The molecular formula is C22H23N5O2. The van der Waals surface area contributed by atoms with Gasteiger partial charge in [-0.05, 0) is 37.0 Å². The highest BCUT2D eigenvalue weighted by atomic mass is 16.2. The van der Waals surface area contributed by atoms with Gasteiger partial charge in [0.25, 0.3) is 5.91 Å². The van der Waals surface area contributed by atoms with Gasteiger partial charge in [0.05, 0.1) is 12.6 Å². The summed E-state index contributed by atoms with van der Waals surface area (Å²) in [6.07, 6.45) is 4.10.